The molecular formula is C28H30N4O4. The number of aliphatic hydroxyl groups is 1. The van der Waals surface area contributed by atoms with Crippen LogP contribution in [0.5, 0.6) is 5.75 Å². The lowest BCUT2D eigenvalue weighted by Gasteiger charge is -2.26. The molecule has 1 atom stereocenters. The summed E-state index contributed by atoms with van der Waals surface area (Å²) < 4.78 is 7.38. The van der Waals surface area contributed by atoms with E-state index in [0.717, 1.165) is 5.69 Å². The fourth-order valence-corrected chi connectivity index (χ4v) is 4.31. The number of likely N-dealkylation sites (tertiary alicyclic amines) is 1. The van der Waals surface area contributed by atoms with Gasteiger partial charge in [-0.1, -0.05) is 43.0 Å². The van der Waals surface area contributed by atoms with Crippen LogP contribution in [-0.2, 0) is 9.59 Å². The van der Waals surface area contributed by atoms with Crippen LogP contribution in [0.25, 0.3) is 11.4 Å². The number of para-hydroxylation sites is 1. The molecule has 4 rings (SSSR count). The lowest BCUT2D eigenvalue weighted by atomic mass is 9.95. The van der Waals surface area contributed by atoms with Crippen molar-refractivity contribution >= 4 is 17.4 Å². The first-order valence-electron chi connectivity index (χ1n) is 11.7. The first kappa shape index (κ1) is 24.9. The normalized spacial score (nSPS) is 17.1. The lowest BCUT2D eigenvalue weighted by molar-refractivity contribution is -0.140. The SMILES string of the molecule is C=CCOc1cccc([C@H]2C(=C(O)c3cnn(-c4ccccc4)c3C)C(=O)C(=O)N2CCN(C)C)c1. The summed E-state index contributed by atoms with van der Waals surface area (Å²) in [4.78, 5) is 29.9. The molecule has 186 valence electrons. The highest BCUT2D eigenvalue weighted by Gasteiger charge is 2.46. The first-order valence-corrected chi connectivity index (χ1v) is 11.7. The Bertz CT molecular complexity index is 1310. The van der Waals surface area contributed by atoms with E-state index in [0.29, 0.717) is 42.3 Å². The maximum absolute atomic E-state index is 13.3. The summed E-state index contributed by atoms with van der Waals surface area (Å²) in [6.07, 6.45) is 3.16. The van der Waals surface area contributed by atoms with Gasteiger partial charge in [-0.25, -0.2) is 4.68 Å². The summed E-state index contributed by atoms with van der Waals surface area (Å²) >= 11 is 0. The Kier molecular flexibility index (Phi) is 7.36. The van der Waals surface area contributed by atoms with Gasteiger partial charge in [0.1, 0.15) is 18.1 Å². The average Bonchev–Trinajstić information content (AvgIpc) is 3.38. The minimum absolute atomic E-state index is 0.0374. The van der Waals surface area contributed by atoms with Crippen LogP contribution in [0, 0.1) is 6.92 Å². The topological polar surface area (TPSA) is 87.9 Å². The number of hydrogen-bond acceptors (Lipinski definition) is 6. The molecule has 0 aliphatic carbocycles. The number of rotatable bonds is 9. The fourth-order valence-electron chi connectivity index (χ4n) is 4.31. The van der Waals surface area contributed by atoms with E-state index in [1.807, 2.05) is 62.3 Å². The van der Waals surface area contributed by atoms with Gasteiger partial charge in [-0.3, -0.25) is 9.59 Å². The van der Waals surface area contributed by atoms with Crippen LogP contribution in [0.4, 0.5) is 0 Å². The Morgan fingerprint density at radius 2 is 1.92 bits per heavy atom. The van der Waals surface area contributed by atoms with Crippen LogP contribution in [0.2, 0.25) is 0 Å². The summed E-state index contributed by atoms with van der Waals surface area (Å²) in [5.41, 5.74) is 2.58. The van der Waals surface area contributed by atoms with Crippen LogP contribution in [0.3, 0.4) is 0 Å². The van der Waals surface area contributed by atoms with Crippen molar-refractivity contribution in [1.29, 1.82) is 0 Å². The minimum atomic E-state index is -0.767. The summed E-state index contributed by atoms with van der Waals surface area (Å²) in [7, 11) is 3.80. The summed E-state index contributed by atoms with van der Waals surface area (Å²) in [6.45, 7) is 6.69. The Morgan fingerprint density at radius 1 is 1.17 bits per heavy atom. The highest BCUT2D eigenvalue weighted by molar-refractivity contribution is 6.46. The zero-order valence-corrected chi connectivity index (χ0v) is 20.7. The third kappa shape index (κ3) is 4.81. The van der Waals surface area contributed by atoms with Crippen LogP contribution in [0.1, 0.15) is 22.9 Å². The van der Waals surface area contributed by atoms with Crippen molar-refractivity contribution in [1.82, 2.24) is 19.6 Å². The maximum Gasteiger partial charge on any atom is 0.295 e. The van der Waals surface area contributed by atoms with Crippen LogP contribution < -0.4 is 4.74 Å². The van der Waals surface area contributed by atoms with Gasteiger partial charge in [0.2, 0.25) is 0 Å². The Hall–Kier alpha value is -4.17. The van der Waals surface area contributed by atoms with Crippen molar-refractivity contribution in [2.24, 2.45) is 0 Å². The second kappa shape index (κ2) is 10.6. The lowest BCUT2D eigenvalue weighted by Crippen LogP contribution is -2.35. The summed E-state index contributed by atoms with van der Waals surface area (Å²) in [6, 6.07) is 16.0. The van der Waals surface area contributed by atoms with Crippen molar-refractivity contribution in [3.05, 3.63) is 95.8 Å². The largest absolute Gasteiger partial charge is 0.507 e. The Morgan fingerprint density at radius 3 is 2.61 bits per heavy atom. The fraction of sp³-hybridized carbons (Fsp3) is 0.250. The van der Waals surface area contributed by atoms with E-state index in [9.17, 15) is 14.7 Å². The molecule has 8 heteroatoms. The highest BCUT2D eigenvalue weighted by Crippen LogP contribution is 2.40. The molecule has 1 aliphatic rings. The predicted octanol–water partition coefficient (Wildman–Crippen LogP) is 3.73. The van der Waals surface area contributed by atoms with Crippen molar-refractivity contribution in [2.45, 2.75) is 13.0 Å². The molecule has 0 bridgehead atoms. The zero-order valence-electron chi connectivity index (χ0n) is 20.7. The van der Waals surface area contributed by atoms with Gasteiger partial charge >= 0.3 is 0 Å². The third-order valence-corrected chi connectivity index (χ3v) is 6.14. The molecule has 8 nitrogen and oxygen atoms in total. The number of carbonyl (C=O) groups is 2. The second-order valence-corrected chi connectivity index (χ2v) is 8.86. The van der Waals surface area contributed by atoms with Crippen molar-refractivity contribution in [2.75, 3.05) is 33.8 Å². The minimum Gasteiger partial charge on any atom is -0.507 e. The molecule has 1 aliphatic heterocycles. The van der Waals surface area contributed by atoms with Gasteiger partial charge < -0.3 is 19.6 Å². The molecule has 3 aromatic rings. The van der Waals surface area contributed by atoms with Crippen molar-refractivity contribution in [3.8, 4) is 11.4 Å². The molecule has 1 amide bonds. The smallest absolute Gasteiger partial charge is 0.295 e. The quantitative estimate of drug-likeness (QED) is 0.215. The number of Topliss-reactive ketones (excluding diaryl/α,β-unsaturated/α-hetero) is 1. The predicted molar refractivity (Wildman–Crippen MR) is 138 cm³/mol. The van der Waals surface area contributed by atoms with Gasteiger partial charge in [0.15, 0.2) is 0 Å². The number of amides is 1. The van der Waals surface area contributed by atoms with E-state index >= 15 is 0 Å². The van der Waals surface area contributed by atoms with E-state index in [4.69, 9.17) is 4.74 Å². The molecule has 1 aromatic heterocycles. The van der Waals surface area contributed by atoms with Gasteiger partial charge in [0.25, 0.3) is 11.7 Å². The van der Waals surface area contributed by atoms with Crippen LogP contribution in [0.15, 0.2) is 79.0 Å². The number of aliphatic hydroxyl groups excluding tert-OH is 1. The monoisotopic (exact) mass is 486 g/mol. The summed E-state index contributed by atoms with van der Waals surface area (Å²) in [5.74, 6) is -1.03. The van der Waals surface area contributed by atoms with E-state index in [1.54, 1.807) is 29.0 Å². The zero-order chi connectivity index (χ0) is 25.8. The Balaban J connectivity index is 1.84. The number of ketones is 1. The van der Waals surface area contributed by atoms with Crippen LogP contribution >= 0.6 is 0 Å². The third-order valence-electron chi connectivity index (χ3n) is 6.14. The van der Waals surface area contributed by atoms with Crippen molar-refractivity contribution < 1.29 is 19.4 Å². The van der Waals surface area contributed by atoms with E-state index in [1.165, 1.54) is 11.1 Å². The van der Waals surface area contributed by atoms with Gasteiger partial charge in [-0.2, -0.15) is 5.10 Å². The van der Waals surface area contributed by atoms with Gasteiger partial charge in [-0.15, -0.1) is 0 Å². The molecule has 1 N–H and O–H groups in total. The number of benzene rings is 2. The average molecular weight is 487 g/mol. The molecule has 1 saturated heterocycles. The molecule has 2 aromatic carbocycles. The van der Waals surface area contributed by atoms with E-state index < -0.39 is 17.7 Å². The van der Waals surface area contributed by atoms with E-state index in [-0.39, 0.29) is 11.3 Å². The van der Waals surface area contributed by atoms with Gasteiger partial charge in [0, 0.05) is 13.1 Å². The molecule has 0 radical (unpaired) electrons. The standard InChI is InChI=1S/C28H30N4O4/c1-5-16-36-22-13-9-10-20(17-22)25-24(27(34)28(35)31(25)15-14-30(3)4)26(33)23-18-29-32(19(23)2)21-11-7-6-8-12-21/h5-13,17-18,25,33H,1,14-16H2,2-4H3/t25-/m0/s1. The molecular weight excluding hydrogens is 456 g/mol. The molecule has 0 unspecified atom stereocenters. The first-order chi connectivity index (χ1) is 17.3. The molecule has 0 spiro atoms. The number of nitrogens with zero attached hydrogens (tertiary/aromatic N) is 4. The van der Waals surface area contributed by atoms with Gasteiger partial charge in [-0.05, 0) is 50.8 Å². The number of ether oxygens (including phenoxy) is 1. The number of carbonyl (C=O) groups excluding carboxylic acids is 2. The van der Waals surface area contributed by atoms with Crippen LogP contribution in [-0.4, -0.2) is 70.2 Å². The highest BCUT2D eigenvalue weighted by atomic mass is 16.5. The molecule has 1 fully saturated rings. The Labute approximate surface area is 210 Å². The maximum atomic E-state index is 13.3. The number of hydrogen-bond donors (Lipinski definition) is 1. The molecule has 36 heavy (non-hydrogen) atoms. The van der Waals surface area contributed by atoms with E-state index in [2.05, 4.69) is 11.7 Å². The molecule has 2 heterocycles. The van der Waals surface area contributed by atoms with Crippen molar-refractivity contribution in [3.63, 3.8) is 0 Å². The number of likely N-dealkylation sites (N-methyl/N-ethyl adjacent to an activating group) is 1. The second-order valence-electron chi connectivity index (χ2n) is 8.86. The van der Waals surface area contributed by atoms with Gasteiger partial charge in [0.05, 0.1) is 34.8 Å². The number of aromatic nitrogens is 2. The molecule has 0 saturated carbocycles. The summed E-state index contributed by atoms with van der Waals surface area (Å²) in [5, 5.41) is 15.9.